The number of methoxy groups -OCH3 is 2. The number of fused-ring (bicyclic) bond motifs is 1. The van der Waals surface area contributed by atoms with Crippen LogP contribution in [0.1, 0.15) is 29.3 Å². The maximum atomic E-state index is 13.8. The molecule has 0 atom stereocenters. The Hall–Kier alpha value is -3.49. The molecule has 0 aliphatic heterocycles. The van der Waals surface area contributed by atoms with Gasteiger partial charge in [0.15, 0.2) is 5.16 Å². The number of halogens is 1. The van der Waals surface area contributed by atoms with Crippen LogP contribution in [0.3, 0.4) is 0 Å². The third-order valence-corrected chi connectivity index (χ3v) is 6.73. The molecule has 0 bridgehead atoms. The quantitative estimate of drug-likeness (QED) is 0.231. The SMILES string of the molecule is CCCNC(=O)c1ccc2c(=O)n(-c3cc(OC)cc(OC)c3)c(SCc3cccc(Cl)c3)nc2c1. The van der Waals surface area contributed by atoms with E-state index in [0.29, 0.717) is 56.1 Å². The van der Waals surface area contributed by atoms with Crippen molar-refractivity contribution in [1.82, 2.24) is 14.9 Å². The van der Waals surface area contributed by atoms with Crippen molar-refractivity contribution < 1.29 is 14.3 Å². The van der Waals surface area contributed by atoms with Gasteiger partial charge in [0, 0.05) is 41.1 Å². The van der Waals surface area contributed by atoms with Gasteiger partial charge in [-0.25, -0.2) is 4.98 Å². The van der Waals surface area contributed by atoms with E-state index in [0.717, 1.165) is 12.0 Å². The van der Waals surface area contributed by atoms with Crippen LogP contribution in [0.15, 0.2) is 70.6 Å². The minimum atomic E-state index is -0.260. The lowest BCUT2D eigenvalue weighted by atomic mass is 10.1. The highest BCUT2D eigenvalue weighted by Gasteiger charge is 2.17. The van der Waals surface area contributed by atoms with Crippen LogP contribution in [0.2, 0.25) is 5.02 Å². The lowest BCUT2D eigenvalue weighted by Crippen LogP contribution is -2.25. The monoisotopic (exact) mass is 523 g/mol. The summed E-state index contributed by atoms with van der Waals surface area (Å²) in [6, 6.07) is 17.7. The van der Waals surface area contributed by atoms with Crippen LogP contribution in [0, 0.1) is 0 Å². The summed E-state index contributed by atoms with van der Waals surface area (Å²) in [5, 5.41) is 4.36. The zero-order valence-corrected chi connectivity index (χ0v) is 21.8. The molecule has 0 saturated carbocycles. The molecule has 4 rings (SSSR count). The van der Waals surface area contributed by atoms with Crippen LogP contribution in [0.25, 0.3) is 16.6 Å². The van der Waals surface area contributed by atoms with Crippen LogP contribution >= 0.6 is 23.4 Å². The molecule has 1 aromatic heterocycles. The summed E-state index contributed by atoms with van der Waals surface area (Å²) in [6.45, 7) is 2.56. The molecule has 1 N–H and O–H groups in total. The van der Waals surface area contributed by atoms with Crippen molar-refractivity contribution in [3.63, 3.8) is 0 Å². The van der Waals surface area contributed by atoms with Crippen molar-refractivity contribution in [2.45, 2.75) is 24.3 Å². The second-order valence-electron chi connectivity index (χ2n) is 8.01. The van der Waals surface area contributed by atoms with Crippen molar-refractivity contribution in [1.29, 1.82) is 0 Å². The molecule has 4 aromatic rings. The number of thioether (sulfide) groups is 1. The van der Waals surface area contributed by atoms with E-state index in [1.165, 1.54) is 11.8 Å². The highest BCUT2D eigenvalue weighted by Crippen LogP contribution is 2.30. The normalized spacial score (nSPS) is 10.9. The number of aromatic nitrogens is 2. The largest absolute Gasteiger partial charge is 0.497 e. The number of benzene rings is 3. The van der Waals surface area contributed by atoms with Gasteiger partial charge in [0.25, 0.3) is 11.5 Å². The molecule has 0 saturated heterocycles. The van der Waals surface area contributed by atoms with E-state index >= 15 is 0 Å². The standard InChI is InChI=1S/C27H26ClN3O4S/c1-4-10-29-25(32)18-8-9-23-24(12-18)30-27(36-16-17-6-5-7-19(28)11-17)31(26(23)33)20-13-21(34-2)15-22(14-20)35-3/h5-9,11-15H,4,10,16H2,1-3H3,(H,29,32). The molecule has 0 fully saturated rings. The van der Waals surface area contributed by atoms with Crippen molar-refractivity contribution in [3.8, 4) is 17.2 Å². The lowest BCUT2D eigenvalue weighted by molar-refractivity contribution is 0.0953. The second-order valence-corrected chi connectivity index (χ2v) is 9.39. The zero-order valence-electron chi connectivity index (χ0n) is 20.2. The number of carbonyl (C=O) groups excluding carboxylic acids is 1. The molecule has 0 aliphatic rings. The van der Waals surface area contributed by atoms with Crippen LogP contribution in [0.4, 0.5) is 0 Å². The molecule has 186 valence electrons. The van der Waals surface area contributed by atoms with Gasteiger partial charge >= 0.3 is 0 Å². The first-order valence-corrected chi connectivity index (χ1v) is 12.8. The van der Waals surface area contributed by atoms with Gasteiger partial charge in [-0.1, -0.05) is 42.4 Å². The highest BCUT2D eigenvalue weighted by molar-refractivity contribution is 7.98. The Morgan fingerprint density at radius 3 is 2.47 bits per heavy atom. The summed E-state index contributed by atoms with van der Waals surface area (Å²) in [5.74, 6) is 1.43. The number of nitrogens with one attached hydrogen (secondary N) is 1. The maximum Gasteiger partial charge on any atom is 0.266 e. The van der Waals surface area contributed by atoms with Crippen LogP contribution in [0.5, 0.6) is 11.5 Å². The Kier molecular flexibility index (Phi) is 8.18. The molecule has 9 heteroatoms. The average Bonchev–Trinajstić information content (AvgIpc) is 2.89. The lowest BCUT2D eigenvalue weighted by Gasteiger charge is -2.16. The summed E-state index contributed by atoms with van der Waals surface area (Å²) in [5.41, 5.74) is 2.19. The summed E-state index contributed by atoms with van der Waals surface area (Å²) in [4.78, 5) is 31.1. The van der Waals surface area contributed by atoms with Gasteiger partial charge in [0.05, 0.1) is 30.8 Å². The summed E-state index contributed by atoms with van der Waals surface area (Å²) < 4.78 is 12.4. The van der Waals surface area contributed by atoms with Gasteiger partial charge in [0.1, 0.15) is 11.5 Å². The van der Waals surface area contributed by atoms with Crippen molar-refractivity contribution in [3.05, 3.63) is 87.2 Å². The topological polar surface area (TPSA) is 82.5 Å². The van der Waals surface area contributed by atoms with E-state index in [-0.39, 0.29) is 11.5 Å². The van der Waals surface area contributed by atoms with Gasteiger partial charge in [-0.15, -0.1) is 0 Å². The number of rotatable bonds is 9. The van der Waals surface area contributed by atoms with Gasteiger partial charge in [-0.05, 0) is 42.3 Å². The van der Waals surface area contributed by atoms with Gasteiger partial charge in [0.2, 0.25) is 0 Å². The Bertz CT molecular complexity index is 1450. The van der Waals surface area contributed by atoms with Crippen LogP contribution in [-0.2, 0) is 5.75 Å². The first-order valence-electron chi connectivity index (χ1n) is 11.4. The zero-order chi connectivity index (χ0) is 25.7. The Labute approximate surface area is 218 Å². The number of hydrogen-bond acceptors (Lipinski definition) is 6. The van der Waals surface area contributed by atoms with E-state index < -0.39 is 0 Å². The minimum Gasteiger partial charge on any atom is -0.497 e. The number of nitrogens with zero attached hydrogens (tertiary/aromatic N) is 2. The minimum absolute atomic E-state index is 0.199. The Morgan fingerprint density at radius 1 is 1.06 bits per heavy atom. The predicted molar refractivity (Wildman–Crippen MR) is 144 cm³/mol. The Balaban J connectivity index is 1.87. The number of amides is 1. The number of hydrogen-bond donors (Lipinski definition) is 1. The maximum absolute atomic E-state index is 13.8. The molecular weight excluding hydrogens is 498 g/mol. The van der Waals surface area contributed by atoms with Crippen molar-refractivity contribution >= 4 is 40.2 Å². The molecule has 1 heterocycles. The Morgan fingerprint density at radius 2 is 1.81 bits per heavy atom. The van der Waals surface area contributed by atoms with E-state index in [1.807, 2.05) is 31.2 Å². The third kappa shape index (κ3) is 5.66. The van der Waals surface area contributed by atoms with E-state index in [9.17, 15) is 9.59 Å². The first-order chi connectivity index (χ1) is 17.4. The smallest absolute Gasteiger partial charge is 0.266 e. The second kappa shape index (κ2) is 11.5. The van der Waals surface area contributed by atoms with E-state index in [2.05, 4.69) is 5.32 Å². The summed E-state index contributed by atoms with van der Waals surface area (Å²) in [6.07, 6.45) is 0.830. The molecule has 3 aromatic carbocycles. The average molecular weight is 524 g/mol. The molecule has 0 radical (unpaired) electrons. The summed E-state index contributed by atoms with van der Waals surface area (Å²) >= 11 is 7.56. The fourth-order valence-electron chi connectivity index (χ4n) is 3.67. The number of ether oxygens (including phenoxy) is 2. The first kappa shape index (κ1) is 25.6. The number of carbonyl (C=O) groups is 1. The molecular formula is C27H26ClN3O4S. The molecule has 0 unspecified atom stereocenters. The summed E-state index contributed by atoms with van der Waals surface area (Å²) in [7, 11) is 3.11. The van der Waals surface area contributed by atoms with E-state index in [4.69, 9.17) is 26.1 Å². The fraction of sp³-hybridized carbons (Fsp3) is 0.222. The highest BCUT2D eigenvalue weighted by atomic mass is 35.5. The van der Waals surface area contributed by atoms with Crippen molar-refractivity contribution in [2.24, 2.45) is 0 Å². The van der Waals surface area contributed by atoms with Gasteiger partial charge < -0.3 is 14.8 Å². The molecule has 36 heavy (non-hydrogen) atoms. The van der Waals surface area contributed by atoms with Crippen molar-refractivity contribution in [2.75, 3.05) is 20.8 Å². The fourth-order valence-corrected chi connectivity index (χ4v) is 4.84. The molecule has 0 aliphatic carbocycles. The van der Waals surface area contributed by atoms with Crippen LogP contribution < -0.4 is 20.3 Å². The molecule has 1 amide bonds. The van der Waals surface area contributed by atoms with E-state index in [1.54, 1.807) is 55.2 Å². The predicted octanol–water partition coefficient (Wildman–Crippen LogP) is 5.49. The van der Waals surface area contributed by atoms with Gasteiger partial charge in [-0.2, -0.15) is 0 Å². The molecule has 0 spiro atoms. The third-order valence-electron chi connectivity index (χ3n) is 5.49. The molecule has 7 nitrogen and oxygen atoms in total. The van der Waals surface area contributed by atoms with Crippen LogP contribution in [-0.4, -0.2) is 36.2 Å². The van der Waals surface area contributed by atoms with Gasteiger partial charge in [-0.3, -0.25) is 14.2 Å².